The predicted molar refractivity (Wildman–Crippen MR) is 153 cm³/mol. The molecule has 0 aliphatic heterocycles. The van der Waals surface area contributed by atoms with E-state index in [0.717, 1.165) is 24.6 Å². The van der Waals surface area contributed by atoms with E-state index in [9.17, 15) is 0 Å². The number of ether oxygens (including phenoxy) is 2. The number of nitrogens with zero attached hydrogens (tertiary/aromatic N) is 2. The summed E-state index contributed by atoms with van der Waals surface area (Å²) < 4.78 is 13.9. The molecule has 1 unspecified atom stereocenters. The molecule has 0 amide bonds. The highest BCUT2D eigenvalue weighted by Gasteiger charge is 2.21. The lowest BCUT2D eigenvalue weighted by atomic mass is 9.88. The van der Waals surface area contributed by atoms with E-state index in [-0.39, 0.29) is 5.92 Å². The third-order valence-corrected chi connectivity index (χ3v) is 6.96. The molecule has 4 rings (SSSR count). The molecule has 0 fully saturated rings. The Labute approximate surface area is 222 Å². The smallest absolute Gasteiger partial charge is 0.119 e. The summed E-state index contributed by atoms with van der Waals surface area (Å²) in [6.45, 7) is 11.4. The number of methoxy groups -OCH3 is 1. The second-order valence-corrected chi connectivity index (χ2v) is 10.1. The van der Waals surface area contributed by atoms with Crippen molar-refractivity contribution in [3.05, 3.63) is 120 Å². The average Bonchev–Trinajstić information content (AvgIpc) is 3.35. The van der Waals surface area contributed by atoms with E-state index in [1.54, 1.807) is 7.11 Å². The van der Waals surface area contributed by atoms with Crippen LogP contribution in [-0.4, -0.2) is 41.8 Å². The van der Waals surface area contributed by atoms with Crippen LogP contribution in [0.4, 0.5) is 0 Å². The zero-order chi connectivity index (χ0) is 26.2. The van der Waals surface area contributed by atoms with Crippen LogP contribution in [0.3, 0.4) is 0 Å². The molecule has 194 valence electrons. The summed E-state index contributed by atoms with van der Waals surface area (Å²) in [5, 5.41) is 0. The highest BCUT2D eigenvalue weighted by molar-refractivity contribution is 5.44. The molecular weight excluding hydrogens is 456 g/mol. The molecule has 0 saturated carbocycles. The molecule has 0 radical (unpaired) electrons. The minimum absolute atomic E-state index is 0.0936. The van der Waals surface area contributed by atoms with Gasteiger partial charge in [0.2, 0.25) is 0 Å². The van der Waals surface area contributed by atoms with Crippen molar-refractivity contribution in [3.8, 4) is 11.5 Å². The van der Waals surface area contributed by atoms with Gasteiger partial charge in [0.15, 0.2) is 0 Å². The van der Waals surface area contributed by atoms with Crippen LogP contribution < -0.4 is 9.47 Å². The van der Waals surface area contributed by atoms with Crippen molar-refractivity contribution in [1.82, 2.24) is 9.47 Å². The lowest BCUT2D eigenvalue weighted by Crippen LogP contribution is -2.39. The second-order valence-electron chi connectivity index (χ2n) is 10.1. The van der Waals surface area contributed by atoms with E-state index in [4.69, 9.17) is 9.47 Å². The summed E-state index contributed by atoms with van der Waals surface area (Å²) in [6.07, 6.45) is 2.17. The largest absolute Gasteiger partial charge is 0.497 e. The van der Waals surface area contributed by atoms with Gasteiger partial charge in [-0.2, -0.15) is 0 Å². The minimum Gasteiger partial charge on any atom is -0.497 e. The Morgan fingerprint density at radius 1 is 0.703 bits per heavy atom. The van der Waals surface area contributed by atoms with Crippen molar-refractivity contribution in [2.45, 2.75) is 52.2 Å². The molecule has 0 aliphatic carbocycles. The Bertz CT molecular complexity index is 1200. The van der Waals surface area contributed by atoms with Gasteiger partial charge in [-0.25, -0.2) is 0 Å². The van der Waals surface area contributed by atoms with Crippen LogP contribution in [0.5, 0.6) is 11.5 Å². The van der Waals surface area contributed by atoms with Crippen LogP contribution in [0, 0.1) is 0 Å². The van der Waals surface area contributed by atoms with E-state index < -0.39 is 0 Å². The summed E-state index contributed by atoms with van der Waals surface area (Å²) in [4.78, 5) is 2.45. The monoisotopic (exact) mass is 496 g/mol. The van der Waals surface area contributed by atoms with Gasteiger partial charge < -0.3 is 14.0 Å². The lowest BCUT2D eigenvalue weighted by molar-refractivity contribution is 0.142. The van der Waals surface area contributed by atoms with E-state index in [2.05, 4.69) is 122 Å². The Morgan fingerprint density at radius 2 is 1.30 bits per heavy atom. The predicted octanol–water partition coefficient (Wildman–Crippen LogP) is 7.22. The fraction of sp³-hybridized carbons (Fsp3) is 0.333. The molecule has 3 aromatic carbocycles. The van der Waals surface area contributed by atoms with Gasteiger partial charge in [-0.05, 0) is 80.8 Å². The number of benzene rings is 3. The molecule has 1 heterocycles. The summed E-state index contributed by atoms with van der Waals surface area (Å²) >= 11 is 0. The summed E-state index contributed by atoms with van der Waals surface area (Å²) in [7, 11) is 1.71. The first-order valence-corrected chi connectivity index (χ1v) is 13.3. The molecule has 1 aromatic heterocycles. The van der Waals surface area contributed by atoms with E-state index in [1.165, 1.54) is 22.4 Å². The third-order valence-electron chi connectivity index (χ3n) is 6.96. The number of hydrogen-bond donors (Lipinski definition) is 0. The van der Waals surface area contributed by atoms with Gasteiger partial charge >= 0.3 is 0 Å². The van der Waals surface area contributed by atoms with Crippen molar-refractivity contribution >= 4 is 0 Å². The zero-order valence-corrected chi connectivity index (χ0v) is 22.8. The number of aromatic nitrogens is 1. The van der Waals surface area contributed by atoms with Gasteiger partial charge in [-0.3, -0.25) is 4.90 Å². The average molecular weight is 497 g/mol. The minimum atomic E-state index is 0.0936. The maximum atomic E-state index is 6.14. The number of hydrogen-bond acceptors (Lipinski definition) is 3. The van der Waals surface area contributed by atoms with E-state index in [0.29, 0.717) is 18.7 Å². The standard InChI is InChI=1S/C33H40N2O2/c1-25(2)35(26(3)4)22-23-37-31-19-15-29(16-20-31)33(28-13-17-30(36-5)18-14-28)32-12-9-21-34(32)24-27-10-7-6-8-11-27/h6-21,25-26,33H,22-24H2,1-5H3. The van der Waals surface area contributed by atoms with Gasteiger partial charge in [-0.15, -0.1) is 0 Å². The van der Waals surface area contributed by atoms with Crippen molar-refractivity contribution < 1.29 is 9.47 Å². The fourth-order valence-electron chi connectivity index (χ4n) is 5.08. The van der Waals surface area contributed by atoms with Gasteiger partial charge in [0.1, 0.15) is 18.1 Å². The first-order valence-electron chi connectivity index (χ1n) is 13.3. The normalized spacial score (nSPS) is 12.3. The molecule has 1 atom stereocenters. The van der Waals surface area contributed by atoms with Crippen LogP contribution in [0.25, 0.3) is 0 Å². The maximum Gasteiger partial charge on any atom is 0.119 e. The Hall–Kier alpha value is -3.50. The molecule has 0 N–H and O–H groups in total. The quantitative estimate of drug-likeness (QED) is 0.207. The van der Waals surface area contributed by atoms with Crippen LogP contribution in [0.15, 0.2) is 97.2 Å². The van der Waals surface area contributed by atoms with Crippen molar-refractivity contribution in [2.75, 3.05) is 20.3 Å². The SMILES string of the molecule is COc1ccc(C(c2ccc(OCCN(C(C)C)C(C)C)cc2)c2cccn2Cc2ccccc2)cc1. The van der Waals surface area contributed by atoms with Crippen molar-refractivity contribution in [3.63, 3.8) is 0 Å². The van der Waals surface area contributed by atoms with Gasteiger partial charge in [0.05, 0.1) is 7.11 Å². The summed E-state index contributed by atoms with van der Waals surface area (Å²) in [6, 6.07) is 33.0. The lowest BCUT2D eigenvalue weighted by Gasteiger charge is -2.30. The molecule has 37 heavy (non-hydrogen) atoms. The van der Waals surface area contributed by atoms with Gasteiger partial charge in [-0.1, -0.05) is 54.6 Å². The number of rotatable bonds is 12. The van der Waals surface area contributed by atoms with Crippen LogP contribution in [-0.2, 0) is 6.54 Å². The first-order chi connectivity index (χ1) is 18.0. The highest BCUT2D eigenvalue weighted by Crippen LogP contribution is 2.34. The van der Waals surface area contributed by atoms with Gasteiger partial charge in [0, 0.05) is 43.0 Å². The topological polar surface area (TPSA) is 26.6 Å². The first kappa shape index (κ1) is 26.6. The molecule has 0 spiro atoms. The van der Waals surface area contributed by atoms with Gasteiger partial charge in [0.25, 0.3) is 0 Å². The molecule has 4 heteroatoms. The maximum absolute atomic E-state index is 6.14. The highest BCUT2D eigenvalue weighted by atomic mass is 16.5. The van der Waals surface area contributed by atoms with Crippen LogP contribution >= 0.6 is 0 Å². The van der Waals surface area contributed by atoms with Crippen molar-refractivity contribution in [2.24, 2.45) is 0 Å². The fourth-order valence-corrected chi connectivity index (χ4v) is 5.08. The summed E-state index contributed by atoms with van der Waals surface area (Å²) in [5.74, 6) is 1.86. The molecule has 0 aliphatic rings. The zero-order valence-electron chi connectivity index (χ0n) is 22.8. The molecule has 4 nitrogen and oxygen atoms in total. The molecular formula is C33H40N2O2. The molecule has 0 saturated heterocycles. The second kappa shape index (κ2) is 12.6. The Balaban J connectivity index is 1.58. The van der Waals surface area contributed by atoms with E-state index >= 15 is 0 Å². The molecule has 0 bridgehead atoms. The summed E-state index contributed by atoms with van der Waals surface area (Å²) in [5.41, 5.74) is 5.00. The Morgan fingerprint density at radius 3 is 1.86 bits per heavy atom. The van der Waals surface area contributed by atoms with Crippen molar-refractivity contribution in [1.29, 1.82) is 0 Å². The third kappa shape index (κ3) is 6.84. The van der Waals surface area contributed by atoms with Crippen LogP contribution in [0.2, 0.25) is 0 Å². The molecule has 4 aromatic rings. The Kier molecular flexibility index (Phi) is 9.08. The van der Waals surface area contributed by atoms with E-state index in [1.807, 2.05) is 12.1 Å². The van der Waals surface area contributed by atoms with Crippen LogP contribution in [0.1, 0.15) is 56.0 Å².